The largest absolute Gasteiger partial charge is 0.245 e. The van der Waals surface area contributed by atoms with Gasteiger partial charge in [-0.15, -0.1) is 11.3 Å². The Bertz CT molecular complexity index is 461. The molecule has 0 saturated heterocycles. The van der Waals surface area contributed by atoms with E-state index in [9.17, 15) is 0 Å². The first-order valence-electron chi connectivity index (χ1n) is 5.27. The Morgan fingerprint density at radius 3 is 2.50 bits per heavy atom. The standard InChI is InChI=1S/C13H14BrNS/c1-9-3-5-11(6-4-9)7-12(14)13-8-16-10(2)15-13/h3-6,8,12H,7H2,1-2H3. The summed E-state index contributed by atoms with van der Waals surface area (Å²) >= 11 is 5.40. The van der Waals surface area contributed by atoms with Gasteiger partial charge in [-0.2, -0.15) is 0 Å². The van der Waals surface area contributed by atoms with Gasteiger partial charge in [-0.25, -0.2) is 4.98 Å². The van der Waals surface area contributed by atoms with Gasteiger partial charge in [0.05, 0.1) is 15.5 Å². The van der Waals surface area contributed by atoms with Crippen LogP contribution in [0.1, 0.15) is 26.7 Å². The Hall–Kier alpha value is -0.670. The van der Waals surface area contributed by atoms with E-state index in [1.54, 1.807) is 11.3 Å². The van der Waals surface area contributed by atoms with E-state index >= 15 is 0 Å². The molecule has 1 atom stereocenters. The number of halogens is 1. The molecule has 0 saturated carbocycles. The lowest BCUT2D eigenvalue weighted by atomic mass is 10.1. The molecule has 0 spiro atoms. The fraction of sp³-hybridized carbons (Fsp3) is 0.308. The highest BCUT2D eigenvalue weighted by Gasteiger charge is 2.11. The molecule has 84 valence electrons. The summed E-state index contributed by atoms with van der Waals surface area (Å²) in [5.74, 6) is 0. The van der Waals surface area contributed by atoms with Crippen molar-refractivity contribution < 1.29 is 0 Å². The first-order chi connectivity index (χ1) is 7.65. The van der Waals surface area contributed by atoms with E-state index in [0.29, 0.717) is 4.83 Å². The number of hydrogen-bond acceptors (Lipinski definition) is 2. The van der Waals surface area contributed by atoms with E-state index in [0.717, 1.165) is 17.1 Å². The zero-order valence-corrected chi connectivity index (χ0v) is 11.8. The van der Waals surface area contributed by atoms with Crippen LogP contribution in [-0.2, 0) is 6.42 Å². The monoisotopic (exact) mass is 295 g/mol. The van der Waals surface area contributed by atoms with Crippen LogP contribution in [0, 0.1) is 13.8 Å². The number of benzene rings is 1. The second-order valence-electron chi connectivity index (χ2n) is 3.95. The Labute approximate surface area is 109 Å². The van der Waals surface area contributed by atoms with E-state index in [4.69, 9.17) is 0 Å². The predicted octanol–water partition coefficient (Wildman–Crippen LogP) is 4.44. The Morgan fingerprint density at radius 1 is 1.25 bits per heavy atom. The Balaban J connectivity index is 2.07. The number of hydrogen-bond donors (Lipinski definition) is 0. The maximum absolute atomic E-state index is 4.50. The Morgan fingerprint density at radius 2 is 1.94 bits per heavy atom. The van der Waals surface area contributed by atoms with Crippen LogP contribution in [0.4, 0.5) is 0 Å². The maximum atomic E-state index is 4.50. The molecular weight excluding hydrogens is 282 g/mol. The van der Waals surface area contributed by atoms with Crippen molar-refractivity contribution in [1.82, 2.24) is 4.98 Å². The molecule has 16 heavy (non-hydrogen) atoms. The molecule has 1 aromatic heterocycles. The molecule has 0 radical (unpaired) electrons. The number of thiazole rings is 1. The minimum atomic E-state index is 0.320. The second-order valence-corrected chi connectivity index (χ2v) is 6.12. The third-order valence-corrected chi connectivity index (χ3v) is 4.08. The molecule has 0 N–H and O–H groups in total. The summed E-state index contributed by atoms with van der Waals surface area (Å²) in [6.07, 6.45) is 0.990. The van der Waals surface area contributed by atoms with Crippen molar-refractivity contribution in [3.05, 3.63) is 51.5 Å². The van der Waals surface area contributed by atoms with E-state index in [2.05, 4.69) is 57.5 Å². The summed E-state index contributed by atoms with van der Waals surface area (Å²) in [6, 6.07) is 8.67. The number of nitrogens with zero attached hydrogens (tertiary/aromatic N) is 1. The average Bonchev–Trinajstić information content (AvgIpc) is 2.68. The number of aryl methyl sites for hydroxylation is 2. The SMILES string of the molecule is Cc1ccc(CC(Br)c2csc(C)n2)cc1. The quantitative estimate of drug-likeness (QED) is 0.763. The minimum absolute atomic E-state index is 0.320. The minimum Gasteiger partial charge on any atom is -0.245 e. The first-order valence-corrected chi connectivity index (χ1v) is 7.06. The summed E-state index contributed by atoms with van der Waals surface area (Å²) in [5, 5.41) is 3.26. The summed E-state index contributed by atoms with van der Waals surface area (Å²) in [5.41, 5.74) is 3.79. The zero-order chi connectivity index (χ0) is 11.5. The van der Waals surface area contributed by atoms with E-state index in [1.165, 1.54) is 11.1 Å². The van der Waals surface area contributed by atoms with Crippen LogP contribution in [0.5, 0.6) is 0 Å². The predicted molar refractivity (Wildman–Crippen MR) is 73.4 cm³/mol. The van der Waals surface area contributed by atoms with Crippen molar-refractivity contribution in [3.8, 4) is 0 Å². The van der Waals surface area contributed by atoms with Crippen LogP contribution in [-0.4, -0.2) is 4.98 Å². The van der Waals surface area contributed by atoms with Gasteiger partial charge >= 0.3 is 0 Å². The summed E-state index contributed by atoms with van der Waals surface area (Å²) in [6.45, 7) is 4.15. The van der Waals surface area contributed by atoms with E-state index in [1.807, 2.05) is 6.92 Å². The highest BCUT2D eigenvalue weighted by Crippen LogP contribution is 2.27. The third kappa shape index (κ3) is 2.92. The van der Waals surface area contributed by atoms with Crippen molar-refractivity contribution >= 4 is 27.3 Å². The molecule has 0 aliphatic rings. The van der Waals surface area contributed by atoms with Crippen molar-refractivity contribution in [1.29, 1.82) is 0 Å². The van der Waals surface area contributed by atoms with Gasteiger partial charge in [-0.05, 0) is 25.8 Å². The molecule has 0 aliphatic carbocycles. The molecule has 1 heterocycles. The molecule has 1 unspecified atom stereocenters. The Kier molecular flexibility index (Phi) is 3.77. The van der Waals surface area contributed by atoms with Crippen molar-refractivity contribution in [2.75, 3.05) is 0 Å². The van der Waals surface area contributed by atoms with Crippen molar-refractivity contribution in [2.45, 2.75) is 25.1 Å². The molecule has 1 nitrogen and oxygen atoms in total. The van der Waals surface area contributed by atoms with Gasteiger partial charge in [0, 0.05) is 5.38 Å². The molecule has 3 heteroatoms. The lowest BCUT2D eigenvalue weighted by Crippen LogP contribution is -1.95. The molecule has 0 fully saturated rings. The first kappa shape index (κ1) is 11.8. The fourth-order valence-electron chi connectivity index (χ4n) is 1.56. The summed E-state index contributed by atoms with van der Waals surface area (Å²) in [4.78, 5) is 4.82. The fourth-order valence-corrected chi connectivity index (χ4v) is 3.01. The zero-order valence-electron chi connectivity index (χ0n) is 9.40. The third-order valence-electron chi connectivity index (χ3n) is 2.49. The molecular formula is C13H14BrNS. The molecule has 0 bridgehead atoms. The molecule has 0 amide bonds. The van der Waals surface area contributed by atoms with E-state index < -0.39 is 0 Å². The highest BCUT2D eigenvalue weighted by molar-refractivity contribution is 9.09. The van der Waals surface area contributed by atoms with E-state index in [-0.39, 0.29) is 0 Å². The average molecular weight is 296 g/mol. The maximum Gasteiger partial charge on any atom is 0.0897 e. The smallest absolute Gasteiger partial charge is 0.0897 e. The van der Waals surface area contributed by atoms with Crippen LogP contribution in [0.2, 0.25) is 0 Å². The number of aromatic nitrogens is 1. The van der Waals surface area contributed by atoms with Crippen LogP contribution in [0.3, 0.4) is 0 Å². The van der Waals surface area contributed by atoms with Crippen molar-refractivity contribution in [3.63, 3.8) is 0 Å². The number of alkyl halides is 1. The second kappa shape index (κ2) is 5.11. The lowest BCUT2D eigenvalue weighted by Gasteiger charge is -2.07. The lowest BCUT2D eigenvalue weighted by molar-refractivity contribution is 0.909. The summed E-state index contributed by atoms with van der Waals surface area (Å²) in [7, 11) is 0. The van der Waals surface area contributed by atoms with Gasteiger partial charge < -0.3 is 0 Å². The normalized spacial score (nSPS) is 12.7. The van der Waals surface area contributed by atoms with Gasteiger partial charge in [0.2, 0.25) is 0 Å². The molecule has 2 rings (SSSR count). The van der Waals surface area contributed by atoms with Crippen molar-refractivity contribution in [2.24, 2.45) is 0 Å². The van der Waals surface area contributed by atoms with Crippen LogP contribution in [0.25, 0.3) is 0 Å². The topological polar surface area (TPSA) is 12.9 Å². The van der Waals surface area contributed by atoms with Crippen LogP contribution < -0.4 is 0 Å². The van der Waals surface area contributed by atoms with Crippen LogP contribution >= 0.6 is 27.3 Å². The van der Waals surface area contributed by atoms with Crippen LogP contribution in [0.15, 0.2) is 29.6 Å². The number of rotatable bonds is 3. The van der Waals surface area contributed by atoms with Gasteiger partial charge in [-0.3, -0.25) is 0 Å². The van der Waals surface area contributed by atoms with Gasteiger partial charge in [0.1, 0.15) is 0 Å². The molecule has 1 aromatic carbocycles. The molecule has 0 aliphatic heterocycles. The van der Waals surface area contributed by atoms with Gasteiger partial charge in [0.15, 0.2) is 0 Å². The highest BCUT2D eigenvalue weighted by atomic mass is 79.9. The van der Waals surface area contributed by atoms with Gasteiger partial charge in [-0.1, -0.05) is 45.8 Å². The van der Waals surface area contributed by atoms with Gasteiger partial charge in [0.25, 0.3) is 0 Å². The molecule has 2 aromatic rings. The summed E-state index contributed by atoms with van der Waals surface area (Å²) < 4.78 is 0.